The first-order valence-electron chi connectivity index (χ1n) is 6.16. The van der Waals surface area contributed by atoms with E-state index in [1.165, 1.54) is 0 Å². The summed E-state index contributed by atoms with van der Waals surface area (Å²) in [5.74, 6) is 0.746. The van der Waals surface area contributed by atoms with Crippen molar-refractivity contribution in [3.8, 4) is 5.75 Å². The lowest BCUT2D eigenvalue weighted by atomic mass is 10.3. The number of carbonyl (C=O) groups excluding carboxylic acids is 1. The number of hydrogen-bond acceptors (Lipinski definition) is 5. The van der Waals surface area contributed by atoms with Crippen LogP contribution in [0, 0.1) is 0 Å². The van der Waals surface area contributed by atoms with E-state index in [0.29, 0.717) is 19.0 Å². The molecule has 6 nitrogen and oxygen atoms in total. The van der Waals surface area contributed by atoms with E-state index < -0.39 is 5.91 Å². The molecule has 104 valence electrons. The Morgan fingerprint density at radius 3 is 2.60 bits per heavy atom. The standard InChI is InChI=1S/C14H16N4O2/c15-8-9-20-11-6-4-10(5-7-11)17-13-3-1-2-12(18-13)14(16)19/h1-7H,8-9,15H2,(H2,16,19)(H,17,18). The van der Waals surface area contributed by atoms with E-state index in [4.69, 9.17) is 16.2 Å². The average Bonchev–Trinajstić information content (AvgIpc) is 2.47. The summed E-state index contributed by atoms with van der Waals surface area (Å²) in [6.07, 6.45) is 0. The maximum atomic E-state index is 11.1. The molecule has 2 rings (SSSR count). The summed E-state index contributed by atoms with van der Waals surface area (Å²) in [5.41, 5.74) is 11.6. The van der Waals surface area contributed by atoms with Crippen molar-refractivity contribution < 1.29 is 9.53 Å². The topological polar surface area (TPSA) is 103 Å². The Labute approximate surface area is 116 Å². The van der Waals surface area contributed by atoms with E-state index in [0.717, 1.165) is 11.4 Å². The lowest BCUT2D eigenvalue weighted by Crippen LogP contribution is -2.13. The maximum absolute atomic E-state index is 11.1. The molecule has 0 saturated heterocycles. The van der Waals surface area contributed by atoms with E-state index in [-0.39, 0.29) is 5.69 Å². The number of rotatable bonds is 6. The van der Waals surface area contributed by atoms with Gasteiger partial charge in [0.25, 0.3) is 5.91 Å². The summed E-state index contributed by atoms with van der Waals surface area (Å²) in [6.45, 7) is 0.957. The number of pyridine rings is 1. The highest BCUT2D eigenvalue weighted by atomic mass is 16.5. The average molecular weight is 272 g/mol. The summed E-state index contributed by atoms with van der Waals surface area (Å²) >= 11 is 0. The molecule has 0 aliphatic rings. The van der Waals surface area contributed by atoms with Gasteiger partial charge in [-0.3, -0.25) is 4.79 Å². The molecule has 2 aromatic rings. The van der Waals surface area contributed by atoms with Crippen LogP contribution in [-0.4, -0.2) is 24.0 Å². The molecule has 0 aliphatic heterocycles. The van der Waals surface area contributed by atoms with Crippen LogP contribution in [-0.2, 0) is 0 Å². The second-order valence-electron chi connectivity index (χ2n) is 4.06. The molecule has 1 heterocycles. The molecule has 0 aliphatic carbocycles. The molecule has 1 aromatic heterocycles. The number of amides is 1. The minimum absolute atomic E-state index is 0.220. The number of carbonyl (C=O) groups is 1. The molecule has 0 saturated carbocycles. The van der Waals surface area contributed by atoms with Gasteiger partial charge in [0.2, 0.25) is 0 Å². The van der Waals surface area contributed by atoms with Crippen molar-refractivity contribution in [1.82, 2.24) is 4.98 Å². The van der Waals surface area contributed by atoms with Crippen LogP contribution in [0.25, 0.3) is 0 Å². The van der Waals surface area contributed by atoms with Crippen molar-refractivity contribution >= 4 is 17.4 Å². The first-order valence-corrected chi connectivity index (χ1v) is 6.16. The normalized spacial score (nSPS) is 10.1. The fourth-order valence-corrected chi connectivity index (χ4v) is 1.60. The second kappa shape index (κ2) is 6.53. The molecule has 20 heavy (non-hydrogen) atoms. The molecule has 5 N–H and O–H groups in total. The Hall–Kier alpha value is -2.60. The van der Waals surface area contributed by atoms with Gasteiger partial charge in [-0.2, -0.15) is 0 Å². The van der Waals surface area contributed by atoms with Crippen molar-refractivity contribution in [2.45, 2.75) is 0 Å². The van der Waals surface area contributed by atoms with Crippen LogP contribution < -0.4 is 21.5 Å². The van der Waals surface area contributed by atoms with Gasteiger partial charge in [0.05, 0.1) is 0 Å². The van der Waals surface area contributed by atoms with Gasteiger partial charge in [-0.25, -0.2) is 4.98 Å². The van der Waals surface area contributed by atoms with Crippen molar-refractivity contribution in [3.63, 3.8) is 0 Å². The number of anilines is 2. The SMILES string of the molecule is NCCOc1ccc(Nc2cccc(C(N)=O)n2)cc1. The number of primary amides is 1. The number of aromatic nitrogens is 1. The molecule has 1 amide bonds. The molecule has 0 atom stereocenters. The van der Waals surface area contributed by atoms with Gasteiger partial charge in [-0.1, -0.05) is 6.07 Å². The van der Waals surface area contributed by atoms with E-state index in [1.807, 2.05) is 24.3 Å². The fraction of sp³-hybridized carbons (Fsp3) is 0.143. The second-order valence-corrected chi connectivity index (χ2v) is 4.06. The van der Waals surface area contributed by atoms with Crippen LogP contribution in [0.15, 0.2) is 42.5 Å². The number of nitrogens with one attached hydrogen (secondary N) is 1. The first-order chi connectivity index (χ1) is 9.69. The van der Waals surface area contributed by atoms with E-state index >= 15 is 0 Å². The van der Waals surface area contributed by atoms with Gasteiger partial charge in [-0.05, 0) is 36.4 Å². The van der Waals surface area contributed by atoms with Crippen molar-refractivity contribution in [2.24, 2.45) is 11.5 Å². The zero-order valence-electron chi connectivity index (χ0n) is 10.9. The minimum atomic E-state index is -0.556. The highest BCUT2D eigenvalue weighted by molar-refractivity contribution is 5.91. The van der Waals surface area contributed by atoms with Crippen LogP contribution in [0.5, 0.6) is 5.75 Å². The third-order valence-corrected chi connectivity index (χ3v) is 2.51. The quantitative estimate of drug-likeness (QED) is 0.734. The third kappa shape index (κ3) is 3.69. The molecule has 1 aromatic carbocycles. The predicted octanol–water partition coefficient (Wildman–Crippen LogP) is 1.26. The molecule has 6 heteroatoms. The van der Waals surface area contributed by atoms with E-state index in [2.05, 4.69) is 10.3 Å². The predicted molar refractivity (Wildman–Crippen MR) is 77.0 cm³/mol. The Bertz CT molecular complexity index is 584. The van der Waals surface area contributed by atoms with Gasteiger partial charge in [0.15, 0.2) is 0 Å². The summed E-state index contributed by atoms with van der Waals surface area (Å²) in [7, 11) is 0. The lowest BCUT2D eigenvalue weighted by molar-refractivity contribution is 0.0995. The first kappa shape index (κ1) is 13.8. The molecule has 0 spiro atoms. The molecule has 0 radical (unpaired) electrons. The van der Waals surface area contributed by atoms with Crippen LogP contribution in [0.1, 0.15) is 10.5 Å². The van der Waals surface area contributed by atoms with Gasteiger partial charge < -0.3 is 21.5 Å². The lowest BCUT2D eigenvalue weighted by Gasteiger charge is -2.08. The fourth-order valence-electron chi connectivity index (χ4n) is 1.60. The monoisotopic (exact) mass is 272 g/mol. The van der Waals surface area contributed by atoms with Gasteiger partial charge in [0, 0.05) is 12.2 Å². The van der Waals surface area contributed by atoms with Crippen molar-refractivity contribution in [2.75, 3.05) is 18.5 Å². The molecule has 0 fully saturated rings. The summed E-state index contributed by atoms with van der Waals surface area (Å²) in [6, 6.07) is 12.4. The Kier molecular flexibility index (Phi) is 4.52. The smallest absolute Gasteiger partial charge is 0.267 e. The Morgan fingerprint density at radius 2 is 1.95 bits per heavy atom. The van der Waals surface area contributed by atoms with Gasteiger partial charge in [0.1, 0.15) is 23.9 Å². The minimum Gasteiger partial charge on any atom is -0.492 e. The largest absolute Gasteiger partial charge is 0.492 e. The molecular weight excluding hydrogens is 256 g/mol. The molecule has 0 bridgehead atoms. The van der Waals surface area contributed by atoms with Crippen molar-refractivity contribution in [3.05, 3.63) is 48.2 Å². The number of nitrogens with zero attached hydrogens (tertiary/aromatic N) is 1. The number of hydrogen-bond donors (Lipinski definition) is 3. The third-order valence-electron chi connectivity index (χ3n) is 2.51. The van der Waals surface area contributed by atoms with Gasteiger partial charge >= 0.3 is 0 Å². The summed E-state index contributed by atoms with van der Waals surface area (Å²) in [4.78, 5) is 15.2. The van der Waals surface area contributed by atoms with Crippen molar-refractivity contribution in [1.29, 1.82) is 0 Å². The van der Waals surface area contributed by atoms with Gasteiger partial charge in [-0.15, -0.1) is 0 Å². The van der Waals surface area contributed by atoms with E-state index in [9.17, 15) is 4.79 Å². The highest BCUT2D eigenvalue weighted by Crippen LogP contribution is 2.19. The molecular formula is C14H16N4O2. The van der Waals surface area contributed by atoms with E-state index in [1.54, 1.807) is 18.2 Å². The van der Waals surface area contributed by atoms with Crippen LogP contribution in [0.4, 0.5) is 11.5 Å². The maximum Gasteiger partial charge on any atom is 0.267 e. The Morgan fingerprint density at radius 1 is 1.20 bits per heavy atom. The zero-order chi connectivity index (χ0) is 14.4. The molecule has 0 unspecified atom stereocenters. The number of benzene rings is 1. The van der Waals surface area contributed by atoms with Crippen LogP contribution >= 0.6 is 0 Å². The highest BCUT2D eigenvalue weighted by Gasteiger charge is 2.03. The number of ether oxygens (including phenoxy) is 1. The van der Waals surface area contributed by atoms with Crippen LogP contribution in [0.3, 0.4) is 0 Å². The summed E-state index contributed by atoms with van der Waals surface area (Å²) in [5, 5.41) is 3.08. The summed E-state index contributed by atoms with van der Waals surface area (Å²) < 4.78 is 5.38. The van der Waals surface area contributed by atoms with Crippen LogP contribution in [0.2, 0.25) is 0 Å². The number of nitrogens with two attached hydrogens (primary N) is 2. The Balaban J connectivity index is 2.06. The zero-order valence-corrected chi connectivity index (χ0v) is 10.9.